The highest BCUT2D eigenvalue weighted by atomic mass is 19.4. The minimum absolute atomic E-state index is 0.309. The number of nitrogens with zero attached hydrogens (tertiary/aromatic N) is 1. The molecule has 4 nitrogen and oxygen atoms in total. The average Bonchev–Trinajstić information content (AvgIpc) is 2.93. The first-order valence-corrected chi connectivity index (χ1v) is 6.11. The number of esters is 1. The molecule has 0 aliphatic heterocycles. The summed E-state index contributed by atoms with van der Waals surface area (Å²) in [7, 11) is 0. The van der Waals surface area contributed by atoms with Gasteiger partial charge >= 0.3 is 12.1 Å². The fraction of sp³-hybridized carbons (Fsp3) is 0.286. The molecule has 0 saturated heterocycles. The van der Waals surface area contributed by atoms with Crippen molar-refractivity contribution in [2.24, 2.45) is 0 Å². The molecule has 0 bridgehead atoms. The van der Waals surface area contributed by atoms with Gasteiger partial charge in [-0.15, -0.1) is 0 Å². The van der Waals surface area contributed by atoms with Crippen LogP contribution in [0, 0.1) is 0 Å². The van der Waals surface area contributed by atoms with Crippen LogP contribution in [0.5, 0.6) is 0 Å². The van der Waals surface area contributed by atoms with Crippen LogP contribution in [0.1, 0.15) is 29.7 Å². The second-order valence-corrected chi connectivity index (χ2v) is 4.43. The van der Waals surface area contributed by atoms with Crippen molar-refractivity contribution in [1.29, 1.82) is 0 Å². The monoisotopic (exact) mass is 299 g/mol. The third-order valence-electron chi connectivity index (χ3n) is 2.93. The van der Waals surface area contributed by atoms with Crippen molar-refractivity contribution < 1.29 is 27.2 Å². The number of alkyl halides is 3. The summed E-state index contributed by atoms with van der Waals surface area (Å²) >= 11 is 0. The predicted octanol–water partition coefficient (Wildman–Crippen LogP) is 3.54. The van der Waals surface area contributed by atoms with E-state index in [1.807, 2.05) is 0 Å². The molecule has 0 radical (unpaired) electrons. The Morgan fingerprint density at radius 2 is 2.00 bits per heavy atom. The van der Waals surface area contributed by atoms with Gasteiger partial charge in [-0.05, 0) is 12.5 Å². The summed E-state index contributed by atoms with van der Waals surface area (Å²) in [5.41, 5.74) is -0.761. The molecule has 0 fully saturated rings. The zero-order valence-corrected chi connectivity index (χ0v) is 11.1. The average molecular weight is 299 g/mol. The quantitative estimate of drug-likeness (QED) is 0.810. The molecule has 1 aromatic heterocycles. The lowest BCUT2D eigenvalue weighted by Gasteiger charge is -2.11. The van der Waals surface area contributed by atoms with Crippen molar-refractivity contribution in [3.8, 4) is 0 Å². The number of rotatable bonds is 4. The standard InChI is InChI=1S/C14H12F3NO3/c1-9(10-5-3-2-4-6-10)13(19)20-7-11-8-21-18-12(11)14(15,16)17/h2-6,8-9H,7H2,1H3/t9-/m0/s1. The molecule has 0 aliphatic rings. The van der Waals surface area contributed by atoms with E-state index in [1.54, 1.807) is 37.3 Å². The number of hydrogen-bond donors (Lipinski definition) is 0. The molecule has 0 unspecified atom stereocenters. The van der Waals surface area contributed by atoms with Crippen LogP contribution in [0.4, 0.5) is 13.2 Å². The Kier molecular flexibility index (Phi) is 4.30. The maximum absolute atomic E-state index is 12.6. The third kappa shape index (κ3) is 3.62. The first-order valence-electron chi connectivity index (χ1n) is 6.11. The lowest BCUT2D eigenvalue weighted by Crippen LogP contribution is -2.15. The Hall–Kier alpha value is -2.31. The van der Waals surface area contributed by atoms with Crippen LogP contribution >= 0.6 is 0 Å². The highest BCUT2D eigenvalue weighted by molar-refractivity contribution is 5.77. The molecule has 0 N–H and O–H groups in total. The number of ether oxygens (including phenoxy) is 1. The van der Waals surface area contributed by atoms with E-state index in [-0.39, 0.29) is 5.56 Å². The van der Waals surface area contributed by atoms with Crippen molar-refractivity contribution in [2.45, 2.75) is 25.6 Å². The molecule has 7 heteroatoms. The van der Waals surface area contributed by atoms with Crippen molar-refractivity contribution >= 4 is 5.97 Å². The summed E-state index contributed by atoms with van der Waals surface area (Å²) < 4.78 is 46.9. The topological polar surface area (TPSA) is 52.3 Å². The molecule has 2 aromatic rings. The molecule has 1 heterocycles. The summed E-state index contributed by atoms with van der Waals surface area (Å²) in [5, 5.41) is 2.88. The number of halogens is 3. The largest absolute Gasteiger partial charge is 0.460 e. The highest BCUT2D eigenvalue weighted by Gasteiger charge is 2.37. The first kappa shape index (κ1) is 15.1. The lowest BCUT2D eigenvalue weighted by molar-refractivity contribution is -0.150. The van der Waals surface area contributed by atoms with E-state index in [9.17, 15) is 18.0 Å². The van der Waals surface area contributed by atoms with Gasteiger partial charge in [-0.25, -0.2) is 0 Å². The molecule has 2 rings (SSSR count). The van der Waals surface area contributed by atoms with E-state index in [2.05, 4.69) is 9.68 Å². The molecule has 21 heavy (non-hydrogen) atoms. The van der Waals surface area contributed by atoms with E-state index >= 15 is 0 Å². The Labute approximate surface area is 118 Å². The van der Waals surface area contributed by atoms with Gasteiger partial charge in [0.05, 0.1) is 11.5 Å². The number of carbonyl (C=O) groups is 1. The second kappa shape index (κ2) is 5.99. The maximum Gasteiger partial charge on any atom is 0.437 e. The SMILES string of the molecule is C[C@H](C(=O)OCc1conc1C(F)(F)F)c1ccccc1. The van der Waals surface area contributed by atoms with Crippen molar-refractivity contribution in [1.82, 2.24) is 5.16 Å². The summed E-state index contributed by atoms with van der Waals surface area (Å²) in [6, 6.07) is 8.81. The minimum Gasteiger partial charge on any atom is -0.460 e. The lowest BCUT2D eigenvalue weighted by atomic mass is 10.0. The van der Waals surface area contributed by atoms with Gasteiger partial charge in [0.1, 0.15) is 12.9 Å². The Morgan fingerprint density at radius 3 is 2.62 bits per heavy atom. The van der Waals surface area contributed by atoms with Crippen LogP contribution in [0.15, 0.2) is 41.1 Å². The second-order valence-electron chi connectivity index (χ2n) is 4.43. The van der Waals surface area contributed by atoms with Gasteiger partial charge in [0.15, 0.2) is 5.69 Å². The summed E-state index contributed by atoms with van der Waals surface area (Å²) in [4.78, 5) is 11.8. The molecule has 0 aliphatic carbocycles. The number of carbonyl (C=O) groups excluding carboxylic acids is 1. The van der Waals surface area contributed by atoms with Gasteiger partial charge in [-0.3, -0.25) is 4.79 Å². The number of aromatic nitrogens is 1. The van der Waals surface area contributed by atoms with Gasteiger partial charge < -0.3 is 9.26 Å². The third-order valence-corrected chi connectivity index (χ3v) is 2.93. The van der Waals surface area contributed by atoms with Gasteiger partial charge in [0, 0.05) is 0 Å². The molecule has 1 atom stereocenters. The van der Waals surface area contributed by atoms with E-state index in [4.69, 9.17) is 4.74 Å². The minimum atomic E-state index is -4.64. The van der Waals surface area contributed by atoms with Gasteiger partial charge in [0.2, 0.25) is 0 Å². The van der Waals surface area contributed by atoms with Crippen LogP contribution in [-0.2, 0) is 22.3 Å². The van der Waals surface area contributed by atoms with Crippen LogP contribution in [0.3, 0.4) is 0 Å². The molecular formula is C14H12F3NO3. The smallest absolute Gasteiger partial charge is 0.437 e. The van der Waals surface area contributed by atoms with Crippen LogP contribution < -0.4 is 0 Å². The molecule has 112 valence electrons. The Morgan fingerprint density at radius 1 is 1.33 bits per heavy atom. The molecule has 0 amide bonds. The van der Waals surface area contributed by atoms with Crippen molar-refractivity contribution in [2.75, 3.05) is 0 Å². The maximum atomic E-state index is 12.6. The van der Waals surface area contributed by atoms with Crippen molar-refractivity contribution in [3.63, 3.8) is 0 Å². The first-order chi connectivity index (χ1) is 9.89. The van der Waals surface area contributed by atoms with Gasteiger partial charge in [-0.2, -0.15) is 13.2 Å². The molecule has 1 aromatic carbocycles. The number of hydrogen-bond acceptors (Lipinski definition) is 4. The van der Waals surface area contributed by atoms with Crippen LogP contribution in [0.25, 0.3) is 0 Å². The molecule has 0 saturated carbocycles. The summed E-state index contributed by atoms with van der Waals surface area (Å²) in [6.45, 7) is 1.09. The zero-order valence-electron chi connectivity index (χ0n) is 11.1. The zero-order chi connectivity index (χ0) is 15.5. The Bertz CT molecular complexity index is 607. The van der Waals surface area contributed by atoms with Crippen LogP contribution in [0.2, 0.25) is 0 Å². The van der Waals surface area contributed by atoms with E-state index in [0.717, 1.165) is 11.8 Å². The van der Waals surface area contributed by atoms with E-state index in [0.29, 0.717) is 0 Å². The highest BCUT2D eigenvalue weighted by Crippen LogP contribution is 2.31. The summed E-state index contributed by atoms with van der Waals surface area (Å²) in [5.74, 6) is -1.18. The molecular weight excluding hydrogens is 287 g/mol. The Balaban J connectivity index is 2.01. The van der Waals surface area contributed by atoms with E-state index in [1.165, 1.54) is 0 Å². The van der Waals surface area contributed by atoms with Crippen LogP contribution in [-0.4, -0.2) is 11.1 Å². The van der Waals surface area contributed by atoms with Crippen molar-refractivity contribution in [3.05, 3.63) is 53.4 Å². The summed E-state index contributed by atoms with van der Waals surface area (Å²) in [6.07, 6.45) is -3.82. The normalized spacial score (nSPS) is 13.0. The number of benzene rings is 1. The van der Waals surface area contributed by atoms with Gasteiger partial charge in [0.25, 0.3) is 0 Å². The fourth-order valence-corrected chi connectivity index (χ4v) is 1.74. The van der Waals surface area contributed by atoms with E-state index < -0.39 is 30.4 Å². The fourth-order valence-electron chi connectivity index (χ4n) is 1.74. The predicted molar refractivity (Wildman–Crippen MR) is 66.2 cm³/mol. The molecule has 0 spiro atoms. The van der Waals surface area contributed by atoms with Gasteiger partial charge in [-0.1, -0.05) is 35.5 Å².